The predicted octanol–water partition coefficient (Wildman–Crippen LogP) is -0.308. The van der Waals surface area contributed by atoms with E-state index >= 15 is 0 Å². The summed E-state index contributed by atoms with van der Waals surface area (Å²) >= 11 is 6.70. The van der Waals surface area contributed by atoms with Gasteiger partial charge in [0, 0.05) is 12.8 Å². The largest absolute Gasteiger partial charge is 0.339 e. The fourth-order valence-corrected chi connectivity index (χ4v) is 1.72. The van der Waals surface area contributed by atoms with Crippen molar-refractivity contribution in [2.45, 2.75) is 10.5 Å². The number of hydrogen-bond acceptors (Lipinski definition) is 5. The van der Waals surface area contributed by atoms with Crippen molar-refractivity contribution in [2.75, 3.05) is 5.75 Å². The van der Waals surface area contributed by atoms with Gasteiger partial charge in [-0.2, -0.15) is 10.2 Å². The first kappa shape index (κ1) is 11.8. The lowest BCUT2D eigenvalue weighted by Crippen LogP contribution is -2.34. The van der Waals surface area contributed by atoms with Crippen LogP contribution in [-0.4, -0.2) is 25.9 Å². The van der Waals surface area contributed by atoms with Crippen molar-refractivity contribution in [3.8, 4) is 6.07 Å². The molecule has 0 aromatic carbocycles. The zero-order valence-electron chi connectivity index (χ0n) is 7.73. The number of aryl methyl sites for hydroxylation is 1. The van der Waals surface area contributed by atoms with Gasteiger partial charge in [0.05, 0.1) is 6.07 Å². The van der Waals surface area contributed by atoms with Crippen LogP contribution >= 0.6 is 23.4 Å². The molecule has 0 aliphatic heterocycles. The molecule has 0 saturated carbocycles. The van der Waals surface area contributed by atoms with Gasteiger partial charge >= 0.3 is 11.1 Å². The first-order valence-electron chi connectivity index (χ1n) is 3.88. The van der Waals surface area contributed by atoms with Gasteiger partial charge in [-0.1, -0.05) is 11.8 Å². The Morgan fingerprint density at radius 1 is 1.73 bits per heavy atom. The van der Waals surface area contributed by atoms with Crippen molar-refractivity contribution >= 4 is 23.4 Å². The van der Waals surface area contributed by atoms with Crippen LogP contribution in [0.25, 0.3) is 0 Å². The smallest absolute Gasteiger partial charge is 0.265 e. The van der Waals surface area contributed by atoms with Crippen molar-refractivity contribution in [2.24, 2.45) is 7.05 Å². The molecule has 6 nitrogen and oxygen atoms in total. The highest BCUT2D eigenvalue weighted by atomic mass is 35.5. The summed E-state index contributed by atoms with van der Waals surface area (Å²) in [6.07, 6.45) is 0. The molecule has 1 heterocycles. The lowest BCUT2D eigenvalue weighted by atomic mass is 10.5. The molecule has 0 spiro atoms. The molecule has 1 N–H and O–H groups in total. The second-order valence-electron chi connectivity index (χ2n) is 2.61. The number of hydrogen-bond donors (Lipinski definition) is 1. The summed E-state index contributed by atoms with van der Waals surface area (Å²) in [5, 5.41) is 10.4. The maximum Gasteiger partial charge on any atom is 0.339 e. The lowest BCUT2D eigenvalue weighted by molar-refractivity contribution is 0.596. The first-order valence-corrected chi connectivity index (χ1v) is 5.30. The van der Waals surface area contributed by atoms with Crippen LogP contribution in [0.3, 0.4) is 0 Å². The van der Waals surface area contributed by atoms with E-state index in [-0.39, 0.29) is 0 Å². The third-order valence-electron chi connectivity index (χ3n) is 1.45. The Bertz CT molecular complexity index is 503. The number of H-pyrrole nitrogens is 1. The summed E-state index contributed by atoms with van der Waals surface area (Å²) in [6.45, 7) is 0. The molecular weight excluding hydrogens is 240 g/mol. The van der Waals surface area contributed by atoms with E-state index in [9.17, 15) is 9.59 Å². The van der Waals surface area contributed by atoms with Gasteiger partial charge in [-0.05, 0) is 0 Å². The van der Waals surface area contributed by atoms with E-state index in [1.165, 1.54) is 4.68 Å². The van der Waals surface area contributed by atoms with Crippen molar-refractivity contribution in [1.29, 1.82) is 5.26 Å². The molecule has 0 aliphatic rings. The second kappa shape index (κ2) is 5.00. The molecule has 0 saturated heterocycles. The monoisotopic (exact) mass is 246 g/mol. The second-order valence-corrected chi connectivity index (χ2v) is 4.12. The summed E-state index contributed by atoms with van der Waals surface area (Å²) in [5.41, 5.74) is -1.62. The average molecular weight is 247 g/mol. The summed E-state index contributed by atoms with van der Waals surface area (Å²) in [4.78, 5) is 25.3. The zero-order valence-corrected chi connectivity index (χ0v) is 9.30. The van der Waals surface area contributed by atoms with Gasteiger partial charge in [-0.15, -0.1) is 11.6 Å². The van der Waals surface area contributed by atoms with Crippen LogP contribution in [0.15, 0.2) is 14.7 Å². The fraction of sp³-hybridized carbons (Fsp3) is 0.429. The van der Waals surface area contributed by atoms with E-state index in [0.29, 0.717) is 10.9 Å². The average Bonchev–Trinajstić information content (AvgIpc) is 2.21. The molecule has 0 bridgehead atoms. The Labute approximate surface area is 93.9 Å². The van der Waals surface area contributed by atoms with Crippen LogP contribution in [0.1, 0.15) is 0 Å². The summed E-state index contributed by atoms with van der Waals surface area (Å²) in [5.74, 6) is 0.296. The van der Waals surface area contributed by atoms with Crippen LogP contribution in [-0.2, 0) is 7.05 Å². The Balaban J connectivity index is 2.88. The SMILES string of the molecule is Cn1[nH]c(=O)c(=O)nc1SCC(Cl)C#N. The molecule has 0 radical (unpaired) electrons. The highest BCUT2D eigenvalue weighted by Crippen LogP contribution is 2.14. The summed E-state index contributed by atoms with van der Waals surface area (Å²) < 4.78 is 1.31. The number of aromatic nitrogens is 3. The number of alkyl halides is 1. The Kier molecular flexibility index (Phi) is 3.94. The highest BCUT2D eigenvalue weighted by Gasteiger charge is 2.08. The highest BCUT2D eigenvalue weighted by molar-refractivity contribution is 7.99. The standard InChI is InChI=1S/C7H7ClN4O2S/c1-12-7(15-3-4(8)2-9)10-5(13)6(14)11-12/h4H,3H2,1H3,(H,11,14). The number of thioether (sulfide) groups is 1. The maximum atomic E-state index is 10.9. The molecule has 1 unspecified atom stereocenters. The Morgan fingerprint density at radius 2 is 2.40 bits per heavy atom. The van der Waals surface area contributed by atoms with Crippen LogP contribution in [0.4, 0.5) is 0 Å². The minimum atomic E-state index is -0.848. The van der Waals surface area contributed by atoms with Crippen molar-refractivity contribution in [3.05, 3.63) is 20.7 Å². The van der Waals surface area contributed by atoms with Gasteiger partial charge in [-0.25, -0.2) is 0 Å². The van der Waals surface area contributed by atoms with Crippen LogP contribution in [0.5, 0.6) is 0 Å². The molecule has 0 amide bonds. The number of aromatic amines is 1. The van der Waals surface area contributed by atoms with Gasteiger partial charge < -0.3 is 0 Å². The Morgan fingerprint density at radius 3 is 3.00 bits per heavy atom. The van der Waals surface area contributed by atoms with Crippen molar-refractivity contribution in [1.82, 2.24) is 14.8 Å². The van der Waals surface area contributed by atoms with E-state index in [2.05, 4.69) is 10.1 Å². The van der Waals surface area contributed by atoms with Gasteiger partial charge in [-0.3, -0.25) is 19.4 Å². The fourth-order valence-electron chi connectivity index (χ4n) is 0.775. The Hall–Kier alpha value is -1.26. The lowest BCUT2D eigenvalue weighted by Gasteiger charge is -2.05. The molecule has 0 fully saturated rings. The maximum absolute atomic E-state index is 10.9. The normalized spacial score (nSPS) is 12.1. The van der Waals surface area contributed by atoms with Crippen LogP contribution in [0, 0.1) is 11.3 Å². The van der Waals surface area contributed by atoms with Gasteiger partial charge in [0.15, 0.2) is 5.16 Å². The van der Waals surface area contributed by atoms with E-state index in [0.717, 1.165) is 11.8 Å². The van der Waals surface area contributed by atoms with E-state index < -0.39 is 16.5 Å². The molecule has 0 aliphatic carbocycles. The zero-order chi connectivity index (χ0) is 11.4. The van der Waals surface area contributed by atoms with Crippen molar-refractivity contribution in [3.63, 3.8) is 0 Å². The van der Waals surface area contributed by atoms with E-state index in [1.807, 2.05) is 6.07 Å². The molecule has 15 heavy (non-hydrogen) atoms. The summed E-state index contributed by atoms with van der Waals surface area (Å²) in [6, 6.07) is 1.84. The minimum Gasteiger partial charge on any atom is -0.265 e. The molecular formula is C7H7ClN4O2S. The van der Waals surface area contributed by atoms with Crippen LogP contribution < -0.4 is 11.1 Å². The number of halogens is 1. The topological polar surface area (TPSA) is 91.5 Å². The molecule has 80 valence electrons. The van der Waals surface area contributed by atoms with Crippen molar-refractivity contribution < 1.29 is 0 Å². The predicted molar refractivity (Wildman–Crippen MR) is 56.1 cm³/mol. The number of rotatable bonds is 3. The van der Waals surface area contributed by atoms with Gasteiger partial charge in [0.25, 0.3) is 0 Å². The quantitative estimate of drug-likeness (QED) is 0.449. The molecule has 1 rings (SSSR count). The first-order chi connectivity index (χ1) is 7.04. The third-order valence-corrected chi connectivity index (χ3v) is 3.00. The van der Waals surface area contributed by atoms with Gasteiger partial charge in [0.2, 0.25) is 0 Å². The molecule has 8 heteroatoms. The van der Waals surface area contributed by atoms with E-state index in [1.54, 1.807) is 7.05 Å². The third kappa shape index (κ3) is 3.11. The molecule has 1 aromatic heterocycles. The van der Waals surface area contributed by atoms with E-state index in [4.69, 9.17) is 16.9 Å². The molecule has 1 atom stereocenters. The number of nitrogens with one attached hydrogen (secondary N) is 1. The number of nitriles is 1. The summed E-state index contributed by atoms with van der Waals surface area (Å²) in [7, 11) is 1.55. The molecule has 1 aromatic rings. The van der Waals surface area contributed by atoms with Gasteiger partial charge in [0.1, 0.15) is 5.38 Å². The minimum absolute atomic E-state index is 0.296. The van der Waals surface area contributed by atoms with Crippen LogP contribution in [0.2, 0.25) is 0 Å². The number of nitrogens with zero attached hydrogens (tertiary/aromatic N) is 3.